The van der Waals surface area contributed by atoms with Gasteiger partial charge in [-0.05, 0) is 67.1 Å². The van der Waals surface area contributed by atoms with Gasteiger partial charge in [-0.1, -0.05) is 29.4 Å². The van der Waals surface area contributed by atoms with Crippen LogP contribution in [0.25, 0.3) is 22.8 Å². The molecule has 0 amide bonds. The Morgan fingerprint density at radius 1 is 1.03 bits per heavy atom. The highest BCUT2D eigenvalue weighted by Crippen LogP contribution is 2.37. The number of aromatic nitrogens is 3. The molecule has 0 radical (unpaired) electrons. The van der Waals surface area contributed by atoms with E-state index >= 15 is 0 Å². The molecule has 0 saturated carbocycles. The number of benzene rings is 2. The Labute approximate surface area is 197 Å². The molecular formula is C24H20F3N3O3S. The van der Waals surface area contributed by atoms with Crippen molar-refractivity contribution in [3.63, 3.8) is 0 Å². The number of rotatable bonds is 6. The number of nitrogens with zero attached hydrogens (tertiary/aromatic N) is 3. The second-order valence-electron chi connectivity index (χ2n) is 8.14. The number of hydrogen-bond donors (Lipinski definition) is 1. The highest BCUT2D eigenvalue weighted by atomic mass is 32.2. The first-order valence-corrected chi connectivity index (χ1v) is 11.0. The monoisotopic (exact) mass is 487 g/mol. The van der Waals surface area contributed by atoms with Gasteiger partial charge in [-0.15, -0.1) is 0 Å². The number of aliphatic hydroxyl groups is 1. The lowest BCUT2D eigenvalue weighted by Crippen LogP contribution is -2.20. The van der Waals surface area contributed by atoms with E-state index in [0.29, 0.717) is 11.1 Å². The van der Waals surface area contributed by atoms with E-state index in [1.165, 1.54) is 34.9 Å². The van der Waals surface area contributed by atoms with Crippen molar-refractivity contribution in [1.82, 2.24) is 14.7 Å². The first-order valence-electron chi connectivity index (χ1n) is 10.2. The van der Waals surface area contributed by atoms with Gasteiger partial charge in [0.15, 0.2) is 0 Å². The molecule has 4 aromatic rings. The smallest absolute Gasteiger partial charge is 0.386 e. The van der Waals surface area contributed by atoms with Crippen LogP contribution in [0.2, 0.25) is 0 Å². The number of pyridine rings is 1. The average Bonchev–Trinajstić information content (AvgIpc) is 3.25. The molecule has 0 unspecified atom stereocenters. The zero-order valence-electron chi connectivity index (χ0n) is 18.2. The number of hydrogen-bond acceptors (Lipinski definition) is 6. The van der Waals surface area contributed by atoms with Gasteiger partial charge in [-0.3, -0.25) is 4.79 Å². The molecule has 0 aliphatic heterocycles. The molecule has 0 aliphatic carbocycles. The fraction of sp³-hybridized carbons (Fsp3) is 0.208. The van der Waals surface area contributed by atoms with Crippen LogP contribution in [0.3, 0.4) is 0 Å². The molecule has 34 heavy (non-hydrogen) atoms. The van der Waals surface area contributed by atoms with E-state index in [0.717, 1.165) is 11.1 Å². The minimum atomic E-state index is -4.36. The first-order chi connectivity index (χ1) is 16.0. The van der Waals surface area contributed by atoms with Crippen LogP contribution in [0.4, 0.5) is 13.2 Å². The summed E-state index contributed by atoms with van der Waals surface area (Å²) >= 11 is -0.201. The highest BCUT2D eigenvalue weighted by molar-refractivity contribution is 8.00. The SMILES string of the molecule is CC(C)(O)c1cccc(Cn2cc(-c3noc(-c4ccc(SC(F)(F)F)cc4)n3)ccc2=O)c1. The van der Waals surface area contributed by atoms with Gasteiger partial charge in [0.05, 0.1) is 12.1 Å². The fourth-order valence-corrected chi connectivity index (χ4v) is 3.83. The normalized spacial score (nSPS) is 12.2. The van der Waals surface area contributed by atoms with Gasteiger partial charge in [0.1, 0.15) is 0 Å². The predicted octanol–water partition coefficient (Wildman–Crippen LogP) is 5.45. The third kappa shape index (κ3) is 5.75. The Hall–Kier alpha value is -3.37. The van der Waals surface area contributed by atoms with Crippen LogP contribution < -0.4 is 5.56 Å². The molecule has 2 heterocycles. The molecule has 0 spiro atoms. The van der Waals surface area contributed by atoms with Crippen molar-refractivity contribution in [3.8, 4) is 22.8 Å². The minimum absolute atomic E-state index is 0.0525. The maximum atomic E-state index is 12.5. The zero-order chi connectivity index (χ0) is 24.5. The third-order valence-corrected chi connectivity index (χ3v) is 5.73. The van der Waals surface area contributed by atoms with Gasteiger partial charge < -0.3 is 14.2 Å². The summed E-state index contributed by atoms with van der Waals surface area (Å²) in [5.74, 6) is 0.386. The summed E-state index contributed by atoms with van der Waals surface area (Å²) in [7, 11) is 0. The van der Waals surface area contributed by atoms with E-state index < -0.39 is 11.1 Å². The molecule has 2 aromatic heterocycles. The van der Waals surface area contributed by atoms with Crippen LogP contribution in [0.5, 0.6) is 0 Å². The third-order valence-electron chi connectivity index (χ3n) is 4.99. The summed E-state index contributed by atoms with van der Waals surface area (Å²) in [6.07, 6.45) is 1.61. The summed E-state index contributed by atoms with van der Waals surface area (Å²) in [4.78, 5) is 16.8. The maximum Gasteiger partial charge on any atom is 0.446 e. The molecule has 0 fully saturated rings. The van der Waals surface area contributed by atoms with Crippen LogP contribution in [0.1, 0.15) is 25.0 Å². The number of alkyl halides is 3. The van der Waals surface area contributed by atoms with Gasteiger partial charge >= 0.3 is 5.51 Å². The summed E-state index contributed by atoms with van der Waals surface area (Å²) in [6.45, 7) is 3.66. The molecule has 176 valence electrons. The summed E-state index contributed by atoms with van der Waals surface area (Å²) in [5, 5.41) is 14.2. The average molecular weight is 488 g/mol. The van der Waals surface area contributed by atoms with Gasteiger partial charge in [-0.25, -0.2) is 0 Å². The van der Waals surface area contributed by atoms with Crippen molar-refractivity contribution in [3.05, 3.63) is 88.3 Å². The van der Waals surface area contributed by atoms with Crippen molar-refractivity contribution in [2.45, 2.75) is 36.4 Å². The van der Waals surface area contributed by atoms with Crippen molar-refractivity contribution >= 4 is 11.8 Å². The second-order valence-corrected chi connectivity index (χ2v) is 9.28. The Kier molecular flexibility index (Phi) is 6.37. The Bertz CT molecular complexity index is 1360. The molecular weight excluding hydrogens is 467 g/mol. The van der Waals surface area contributed by atoms with E-state index in [4.69, 9.17) is 4.52 Å². The van der Waals surface area contributed by atoms with Crippen LogP contribution in [0.15, 0.2) is 81.1 Å². The molecule has 10 heteroatoms. The lowest BCUT2D eigenvalue weighted by Gasteiger charge is -2.18. The van der Waals surface area contributed by atoms with E-state index in [1.807, 2.05) is 24.3 Å². The molecule has 0 aliphatic rings. The summed E-state index contributed by atoms with van der Waals surface area (Å²) in [5.41, 5.74) is -3.01. The van der Waals surface area contributed by atoms with E-state index in [1.54, 1.807) is 26.1 Å². The molecule has 4 rings (SSSR count). The fourth-order valence-electron chi connectivity index (χ4n) is 3.29. The molecule has 1 N–H and O–H groups in total. The van der Waals surface area contributed by atoms with Gasteiger partial charge in [-0.2, -0.15) is 18.2 Å². The van der Waals surface area contributed by atoms with Gasteiger partial charge in [0, 0.05) is 28.3 Å². The van der Waals surface area contributed by atoms with Crippen LogP contribution in [0, 0.1) is 0 Å². The number of halogens is 3. The quantitative estimate of drug-likeness (QED) is 0.364. The summed E-state index contributed by atoms with van der Waals surface area (Å²) in [6, 6.07) is 15.9. The first kappa shape index (κ1) is 23.8. The predicted molar refractivity (Wildman–Crippen MR) is 122 cm³/mol. The van der Waals surface area contributed by atoms with Crippen LogP contribution >= 0.6 is 11.8 Å². The maximum absolute atomic E-state index is 12.5. The van der Waals surface area contributed by atoms with Crippen LogP contribution in [-0.4, -0.2) is 25.3 Å². The van der Waals surface area contributed by atoms with E-state index in [2.05, 4.69) is 10.1 Å². The largest absolute Gasteiger partial charge is 0.446 e. The van der Waals surface area contributed by atoms with Crippen molar-refractivity contribution in [2.75, 3.05) is 0 Å². The Morgan fingerprint density at radius 2 is 1.74 bits per heavy atom. The Morgan fingerprint density at radius 3 is 2.41 bits per heavy atom. The van der Waals surface area contributed by atoms with E-state index in [-0.39, 0.29) is 40.5 Å². The molecule has 0 saturated heterocycles. The molecule has 6 nitrogen and oxygen atoms in total. The lowest BCUT2D eigenvalue weighted by molar-refractivity contribution is -0.0328. The van der Waals surface area contributed by atoms with Crippen LogP contribution in [-0.2, 0) is 12.1 Å². The highest BCUT2D eigenvalue weighted by Gasteiger charge is 2.29. The lowest BCUT2D eigenvalue weighted by atomic mass is 9.96. The molecule has 2 aromatic carbocycles. The summed E-state index contributed by atoms with van der Waals surface area (Å²) < 4.78 is 44.3. The topological polar surface area (TPSA) is 81.2 Å². The standard InChI is InChI=1S/C24H20F3N3O3S/c1-23(2,32)18-5-3-4-15(12-18)13-30-14-17(8-11-20(30)31)21-28-22(33-29-21)16-6-9-19(10-7-16)34-24(25,26)27/h3-12,14,32H,13H2,1-2H3. The number of thioether (sulfide) groups is 1. The van der Waals surface area contributed by atoms with E-state index in [9.17, 15) is 23.1 Å². The van der Waals surface area contributed by atoms with Crippen molar-refractivity contribution in [1.29, 1.82) is 0 Å². The van der Waals surface area contributed by atoms with Gasteiger partial charge in [0.25, 0.3) is 11.4 Å². The molecule has 0 atom stereocenters. The van der Waals surface area contributed by atoms with Crippen molar-refractivity contribution < 1.29 is 22.8 Å². The molecule has 0 bridgehead atoms. The Balaban J connectivity index is 1.57. The van der Waals surface area contributed by atoms with Crippen molar-refractivity contribution in [2.24, 2.45) is 0 Å². The zero-order valence-corrected chi connectivity index (χ0v) is 19.0. The second kappa shape index (κ2) is 9.11. The minimum Gasteiger partial charge on any atom is -0.386 e. The van der Waals surface area contributed by atoms with Gasteiger partial charge in [0.2, 0.25) is 5.82 Å².